The zero-order valence-corrected chi connectivity index (χ0v) is 13.0. The van der Waals surface area contributed by atoms with Gasteiger partial charge in [-0.05, 0) is 17.7 Å². The first kappa shape index (κ1) is 16.0. The van der Waals surface area contributed by atoms with Gasteiger partial charge in [0.25, 0.3) is 11.8 Å². The number of imide groups is 1. The van der Waals surface area contributed by atoms with Crippen LogP contribution in [-0.2, 0) is 25.5 Å². The van der Waals surface area contributed by atoms with Crippen molar-refractivity contribution in [2.45, 2.75) is 12.5 Å². The number of amides is 2. The van der Waals surface area contributed by atoms with Crippen molar-refractivity contribution in [3.8, 4) is 0 Å². The Bertz CT molecular complexity index is 743. The van der Waals surface area contributed by atoms with Crippen LogP contribution in [-0.4, -0.2) is 54.1 Å². The van der Waals surface area contributed by atoms with Crippen molar-refractivity contribution in [2.75, 3.05) is 30.9 Å². The third kappa shape index (κ3) is 2.83. The molecule has 24 heavy (non-hydrogen) atoms. The Labute approximate surface area is 138 Å². The molecule has 0 saturated carbocycles. The molecule has 1 aromatic rings. The first-order valence-electron chi connectivity index (χ1n) is 7.46. The van der Waals surface area contributed by atoms with Gasteiger partial charge >= 0.3 is 5.97 Å². The van der Waals surface area contributed by atoms with Crippen molar-refractivity contribution in [2.24, 2.45) is 0 Å². The molecule has 126 valence electrons. The van der Waals surface area contributed by atoms with E-state index in [1.807, 2.05) is 6.07 Å². The summed E-state index contributed by atoms with van der Waals surface area (Å²) in [5.74, 6) is -1.27. The zero-order chi connectivity index (χ0) is 17.3. The summed E-state index contributed by atoms with van der Waals surface area (Å²) in [4.78, 5) is 36.4. The molecule has 0 aromatic heterocycles. The molecule has 0 bridgehead atoms. The maximum atomic E-state index is 12.1. The lowest BCUT2D eigenvalue weighted by Gasteiger charge is -2.13. The molecule has 1 atom stereocenters. The average Bonchev–Trinajstić information content (AvgIpc) is 3.10. The largest absolute Gasteiger partial charge is 0.467 e. The number of esters is 1. The summed E-state index contributed by atoms with van der Waals surface area (Å²) in [7, 11) is 1.34. The molecular weight excluding hydrogens is 314 g/mol. The third-order valence-electron chi connectivity index (χ3n) is 3.96. The summed E-state index contributed by atoms with van der Waals surface area (Å²) in [6.45, 7) is -0.317. The van der Waals surface area contributed by atoms with E-state index >= 15 is 0 Å². The van der Waals surface area contributed by atoms with Crippen molar-refractivity contribution in [3.63, 3.8) is 0 Å². The number of fused-ring (bicyclic) bond motifs is 1. The van der Waals surface area contributed by atoms with Gasteiger partial charge in [0, 0.05) is 23.9 Å². The number of carbonyl (C=O) groups is 3. The summed E-state index contributed by atoms with van der Waals surface area (Å²) >= 11 is 0. The predicted molar refractivity (Wildman–Crippen MR) is 85.1 cm³/mol. The Kier molecular flexibility index (Phi) is 4.22. The van der Waals surface area contributed by atoms with E-state index in [0.717, 1.165) is 16.2 Å². The summed E-state index contributed by atoms with van der Waals surface area (Å²) < 4.78 is 4.73. The number of aliphatic hydroxyl groups excluding tert-OH is 1. The molecule has 3 rings (SSSR count). The summed E-state index contributed by atoms with van der Waals surface area (Å²) in [6, 6.07) is 4.97. The molecule has 2 amide bonds. The number of aliphatic hydroxyl groups is 1. The van der Waals surface area contributed by atoms with E-state index in [1.165, 1.54) is 13.2 Å². The second kappa shape index (κ2) is 6.32. The van der Waals surface area contributed by atoms with E-state index in [4.69, 9.17) is 9.84 Å². The van der Waals surface area contributed by atoms with Crippen LogP contribution in [0.25, 0.3) is 0 Å². The van der Waals surface area contributed by atoms with Crippen molar-refractivity contribution >= 4 is 29.2 Å². The van der Waals surface area contributed by atoms with Crippen molar-refractivity contribution in [1.82, 2.24) is 4.90 Å². The number of ether oxygens (including phenoxy) is 1. The van der Waals surface area contributed by atoms with Crippen LogP contribution in [0.3, 0.4) is 0 Å². The van der Waals surface area contributed by atoms with E-state index < -0.39 is 17.9 Å². The summed E-state index contributed by atoms with van der Waals surface area (Å²) in [5, 5.41) is 14.9. The molecule has 0 radical (unpaired) electrons. The van der Waals surface area contributed by atoms with Gasteiger partial charge < -0.3 is 20.5 Å². The van der Waals surface area contributed by atoms with Crippen LogP contribution in [0.5, 0.6) is 0 Å². The normalized spacial score (nSPS) is 19.0. The van der Waals surface area contributed by atoms with E-state index in [9.17, 15) is 14.4 Å². The van der Waals surface area contributed by atoms with Crippen LogP contribution in [0, 0.1) is 0 Å². The van der Waals surface area contributed by atoms with Gasteiger partial charge in [0.2, 0.25) is 0 Å². The number of rotatable bonds is 5. The van der Waals surface area contributed by atoms with Gasteiger partial charge in [0.05, 0.1) is 20.3 Å². The summed E-state index contributed by atoms with van der Waals surface area (Å²) in [5.41, 5.74) is 2.52. The highest BCUT2D eigenvalue weighted by Gasteiger charge is 2.31. The number of hydrogen-bond acceptors (Lipinski definition) is 7. The lowest BCUT2D eigenvalue weighted by atomic mass is 10.1. The van der Waals surface area contributed by atoms with Gasteiger partial charge in [-0.3, -0.25) is 14.5 Å². The number of nitrogens with zero attached hydrogens (tertiary/aromatic N) is 1. The highest BCUT2D eigenvalue weighted by Crippen LogP contribution is 2.30. The lowest BCUT2D eigenvalue weighted by Crippen LogP contribution is -2.34. The van der Waals surface area contributed by atoms with Gasteiger partial charge in [0.15, 0.2) is 0 Å². The van der Waals surface area contributed by atoms with E-state index in [1.54, 1.807) is 12.1 Å². The maximum Gasteiger partial charge on any atom is 0.328 e. The predicted octanol–water partition coefficient (Wildman–Crippen LogP) is -0.147. The van der Waals surface area contributed by atoms with Crippen LogP contribution in [0.4, 0.5) is 11.4 Å². The Balaban J connectivity index is 1.73. The van der Waals surface area contributed by atoms with Crippen molar-refractivity contribution in [1.29, 1.82) is 0 Å². The van der Waals surface area contributed by atoms with Gasteiger partial charge in [0.1, 0.15) is 11.7 Å². The van der Waals surface area contributed by atoms with Crippen LogP contribution in [0.2, 0.25) is 0 Å². The van der Waals surface area contributed by atoms with Crippen molar-refractivity contribution in [3.05, 3.63) is 35.5 Å². The molecule has 0 spiro atoms. The number of hydrogen-bond donors (Lipinski definition) is 3. The number of methoxy groups -OCH3 is 1. The molecular formula is C16H17N3O5. The second-order valence-electron chi connectivity index (χ2n) is 5.50. The lowest BCUT2D eigenvalue weighted by molar-refractivity contribution is -0.141. The molecule has 1 aromatic carbocycles. The number of carbonyl (C=O) groups excluding carboxylic acids is 3. The van der Waals surface area contributed by atoms with Crippen LogP contribution < -0.4 is 10.6 Å². The molecule has 2 aliphatic heterocycles. The minimum Gasteiger partial charge on any atom is -0.467 e. The third-order valence-corrected chi connectivity index (χ3v) is 3.96. The Morgan fingerprint density at radius 1 is 1.46 bits per heavy atom. The van der Waals surface area contributed by atoms with Crippen LogP contribution >= 0.6 is 0 Å². The van der Waals surface area contributed by atoms with Gasteiger partial charge in [-0.25, -0.2) is 4.79 Å². The molecule has 2 aliphatic rings. The molecule has 2 heterocycles. The maximum absolute atomic E-state index is 12.1. The van der Waals surface area contributed by atoms with E-state index in [-0.39, 0.29) is 24.8 Å². The van der Waals surface area contributed by atoms with Gasteiger partial charge in [-0.15, -0.1) is 0 Å². The smallest absolute Gasteiger partial charge is 0.328 e. The monoisotopic (exact) mass is 331 g/mol. The topological polar surface area (TPSA) is 108 Å². The molecule has 3 N–H and O–H groups in total. The SMILES string of the molecule is COC(=O)C1Cc2ccc(NC3=CC(=O)N(CCO)C3=O)cc2N1. The van der Waals surface area contributed by atoms with Crippen molar-refractivity contribution < 1.29 is 24.2 Å². The Hall–Kier alpha value is -2.87. The quantitative estimate of drug-likeness (QED) is 0.509. The number of β-amino-alcohol motifs (C(OH)–C–C–N with tert-alkyl or cyclic N) is 1. The molecule has 0 aliphatic carbocycles. The molecule has 8 nitrogen and oxygen atoms in total. The summed E-state index contributed by atoms with van der Waals surface area (Å²) in [6.07, 6.45) is 1.74. The number of benzene rings is 1. The second-order valence-corrected chi connectivity index (χ2v) is 5.50. The zero-order valence-electron chi connectivity index (χ0n) is 13.0. The van der Waals surface area contributed by atoms with Gasteiger partial charge in [-0.2, -0.15) is 0 Å². The van der Waals surface area contributed by atoms with E-state index in [0.29, 0.717) is 12.1 Å². The van der Waals surface area contributed by atoms with E-state index in [2.05, 4.69) is 10.6 Å². The fourth-order valence-corrected chi connectivity index (χ4v) is 2.78. The van der Waals surface area contributed by atoms with Gasteiger partial charge in [-0.1, -0.05) is 6.07 Å². The molecule has 0 saturated heterocycles. The first-order valence-corrected chi connectivity index (χ1v) is 7.46. The average molecular weight is 331 g/mol. The highest BCUT2D eigenvalue weighted by atomic mass is 16.5. The standard InChI is InChI=1S/C16H17N3O5/c1-24-16(23)13-6-9-2-3-10(7-11(9)18-13)17-12-8-14(21)19(4-5-20)15(12)22/h2-3,7-8,13,17-18,20H,4-6H2,1H3. The fraction of sp³-hybridized carbons (Fsp3) is 0.312. The minimum absolute atomic E-state index is 0.0358. The molecule has 0 fully saturated rings. The fourth-order valence-electron chi connectivity index (χ4n) is 2.78. The number of nitrogens with one attached hydrogen (secondary N) is 2. The highest BCUT2D eigenvalue weighted by molar-refractivity contribution is 6.17. The molecule has 8 heteroatoms. The van der Waals surface area contributed by atoms with Crippen LogP contribution in [0.1, 0.15) is 5.56 Å². The van der Waals surface area contributed by atoms with Crippen LogP contribution in [0.15, 0.2) is 30.0 Å². The first-order chi connectivity index (χ1) is 11.5. The minimum atomic E-state index is -0.477. The Morgan fingerprint density at radius 2 is 2.25 bits per heavy atom. The molecule has 1 unspecified atom stereocenters. The number of anilines is 2. The Morgan fingerprint density at radius 3 is 2.96 bits per heavy atom.